The van der Waals surface area contributed by atoms with Gasteiger partial charge in [0.05, 0.1) is 12.6 Å². The number of aliphatic hydroxyl groups is 1. The first kappa shape index (κ1) is 20.0. The van der Waals surface area contributed by atoms with E-state index in [1.165, 1.54) is 24.6 Å². The van der Waals surface area contributed by atoms with E-state index in [-0.39, 0.29) is 6.42 Å². The van der Waals surface area contributed by atoms with Crippen LogP contribution >= 0.6 is 11.8 Å². The van der Waals surface area contributed by atoms with E-state index >= 15 is 0 Å². The molecule has 0 unspecified atom stereocenters. The van der Waals surface area contributed by atoms with E-state index in [9.17, 15) is 15.0 Å². The zero-order valence-electron chi connectivity index (χ0n) is 14.9. The zero-order chi connectivity index (χ0) is 18.4. The molecule has 1 aromatic heterocycles. The second-order valence-electron chi connectivity index (χ2n) is 6.96. The van der Waals surface area contributed by atoms with Crippen molar-refractivity contribution in [2.24, 2.45) is 11.7 Å². The van der Waals surface area contributed by atoms with Crippen LogP contribution < -0.4 is 10.5 Å². The molecule has 0 amide bonds. The van der Waals surface area contributed by atoms with Crippen LogP contribution in [0.4, 0.5) is 0 Å². The van der Waals surface area contributed by atoms with E-state index in [0.717, 1.165) is 12.3 Å². The number of carbonyl (C=O) groups is 1. The molecule has 1 fully saturated rings. The number of rotatable bonds is 11. The van der Waals surface area contributed by atoms with E-state index in [0.29, 0.717) is 29.1 Å². The standard InChI is InChI=1S/C18H28N2O4S/c1-12(2)25-11-16(19)18(23,17(21)22)10-14-9-15(5-7-20-14)24-8-6-13-3-4-13/h5,7,9,12-13,16,23H,3-4,6,8,10-11,19H2,1-2H3,(H,21,22)/t16-,18+/m0/s1. The number of hydrogen-bond donors (Lipinski definition) is 3. The van der Waals surface area contributed by atoms with Gasteiger partial charge in [-0.05, 0) is 23.7 Å². The molecule has 140 valence electrons. The first-order valence-electron chi connectivity index (χ1n) is 8.72. The summed E-state index contributed by atoms with van der Waals surface area (Å²) in [7, 11) is 0. The highest BCUT2D eigenvalue weighted by Gasteiger charge is 2.43. The fraction of sp³-hybridized carbons (Fsp3) is 0.667. The first-order chi connectivity index (χ1) is 11.8. The van der Waals surface area contributed by atoms with Gasteiger partial charge in [0, 0.05) is 30.1 Å². The Kier molecular flexibility index (Phi) is 7.10. The molecule has 0 saturated heterocycles. The average molecular weight is 368 g/mol. The van der Waals surface area contributed by atoms with E-state index < -0.39 is 17.6 Å². The Morgan fingerprint density at radius 3 is 2.84 bits per heavy atom. The fourth-order valence-electron chi connectivity index (χ4n) is 2.47. The summed E-state index contributed by atoms with van der Waals surface area (Å²) in [4.78, 5) is 15.8. The maximum Gasteiger partial charge on any atom is 0.337 e. The molecule has 4 N–H and O–H groups in total. The van der Waals surface area contributed by atoms with Gasteiger partial charge in [0.1, 0.15) is 5.75 Å². The molecule has 7 heteroatoms. The lowest BCUT2D eigenvalue weighted by atomic mass is 9.90. The lowest BCUT2D eigenvalue weighted by Gasteiger charge is -2.29. The monoisotopic (exact) mass is 368 g/mol. The number of aromatic nitrogens is 1. The normalized spacial score (nSPS) is 18.0. The van der Waals surface area contributed by atoms with E-state index in [2.05, 4.69) is 4.98 Å². The molecule has 0 aromatic carbocycles. The van der Waals surface area contributed by atoms with Crippen molar-refractivity contribution < 1.29 is 19.7 Å². The van der Waals surface area contributed by atoms with Crippen molar-refractivity contribution in [1.82, 2.24) is 4.98 Å². The largest absolute Gasteiger partial charge is 0.493 e. The molecule has 2 rings (SSSR count). The summed E-state index contributed by atoms with van der Waals surface area (Å²) in [5.41, 5.74) is 4.40. The summed E-state index contributed by atoms with van der Waals surface area (Å²) in [6.07, 6.45) is 5.01. The summed E-state index contributed by atoms with van der Waals surface area (Å²) >= 11 is 1.52. The minimum Gasteiger partial charge on any atom is -0.493 e. The number of carboxylic acid groups (broad SMARTS) is 1. The van der Waals surface area contributed by atoms with Crippen LogP contribution in [-0.2, 0) is 11.2 Å². The third-order valence-corrected chi connectivity index (χ3v) is 5.54. The molecule has 0 radical (unpaired) electrons. The molecular weight excluding hydrogens is 340 g/mol. The zero-order valence-corrected chi connectivity index (χ0v) is 15.7. The molecule has 0 spiro atoms. The number of ether oxygens (including phenoxy) is 1. The maximum absolute atomic E-state index is 11.7. The second-order valence-corrected chi connectivity index (χ2v) is 8.57. The molecule has 1 saturated carbocycles. The fourth-order valence-corrected chi connectivity index (χ4v) is 3.34. The lowest BCUT2D eigenvalue weighted by molar-refractivity contribution is -0.160. The maximum atomic E-state index is 11.7. The highest BCUT2D eigenvalue weighted by Crippen LogP contribution is 2.32. The van der Waals surface area contributed by atoms with Gasteiger partial charge in [-0.2, -0.15) is 11.8 Å². The van der Waals surface area contributed by atoms with Crippen molar-refractivity contribution >= 4 is 17.7 Å². The van der Waals surface area contributed by atoms with Crippen molar-refractivity contribution in [3.05, 3.63) is 24.0 Å². The molecule has 1 aliphatic rings. The minimum atomic E-state index is -2.05. The Balaban J connectivity index is 2.00. The molecule has 1 aliphatic carbocycles. The molecule has 0 aliphatic heterocycles. The van der Waals surface area contributed by atoms with E-state index in [1.807, 2.05) is 13.8 Å². The SMILES string of the molecule is CC(C)SC[C@H](N)[C@](O)(Cc1cc(OCCC2CC2)ccn1)C(=O)O. The molecule has 1 heterocycles. The van der Waals surface area contributed by atoms with E-state index in [4.69, 9.17) is 10.5 Å². The Labute approximate surface area is 153 Å². The molecule has 2 atom stereocenters. The van der Waals surface area contributed by atoms with Gasteiger partial charge in [-0.3, -0.25) is 4.98 Å². The number of carboxylic acids is 1. The molecule has 0 bridgehead atoms. The first-order valence-corrected chi connectivity index (χ1v) is 9.77. The molecule has 6 nitrogen and oxygen atoms in total. The predicted octanol–water partition coefficient (Wildman–Crippen LogP) is 2.09. The van der Waals surface area contributed by atoms with Gasteiger partial charge in [0.2, 0.25) is 0 Å². The lowest BCUT2D eigenvalue weighted by Crippen LogP contribution is -2.57. The van der Waals surface area contributed by atoms with Crippen LogP contribution in [0.5, 0.6) is 5.75 Å². The van der Waals surface area contributed by atoms with Crippen molar-refractivity contribution in [1.29, 1.82) is 0 Å². The number of nitrogens with two attached hydrogens (primary N) is 1. The van der Waals surface area contributed by atoms with Gasteiger partial charge < -0.3 is 20.7 Å². The summed E-state index contributed by atoms with van der Waals surface area (Å²) in [5, 5.41) is 20.5. The Hall–Kier alpha value is -1.31. The Morgan fingerprint density at radius 1 is 1.52 bits per heavy atom. The predicted molar refractivity (Wildman–Crippen MR) is 98.9 cm³/mol. The smallest absolute Gasteiger partial charge is 0.337 e. The summed E-state index contributed by atoms with van der Waals surface area (Å²) < 4.78 is 5.71. The molecule has 1 aromatic rings. The van der Waals surface area contributed by atoms with Gasteiger partial charge in [-0.25, -0.2) is 4.79 Å². The van der Waals surface area contributed by atoms with Gasteiger partial charge in [-0.1, -0.05) is 26.7 Å². The molecule has 25 heavy (non-hydrogen) atoms. The van der Waals surface area contributed by atoms with Crippen molar-refractivity contribution in [3.8, 4) is 5.75 Å². The van der Waals surface area contributed by atoms with Crippen LogP contribution in [0.1, 0.15) is 38.8 Å². The van der Waals surface area contributed by atoms with Gasteiger partial charge in [0.25, 0.3) is 0 Å². The average Bonchev–Trinajstić information content (AvgIpc) is 3.37. The van der Waals surface area contributed by atoms with Crippen LogP contribution in [0, 0.1) is 5.92 Å². The second kappa shape index (κ2) is 8.87. The van der Waals surface area contributed by atoms with E-state index in [1.54, 1.807) is 18.3 Å². The van der Waals surface area contributed by atoms with Crippen LogP contribution in [0.3, 0.4) is 0 Å². The topological polar surface area (TPSA) is 106 Å². The summed E-state index contributed by atoms with van der Waals surface area (Å²) in [5.74, 6) is 0.461. The highest BCUT2D eigenvalue weighted by atomic mass is 32.2. The van der Waals surface area contributed by atoms with Gasteiger partial charge in [0.15, 0.2) is 5.60 Å². The Bertz CT molecular complexity index is 580. The number of pyridine rings is 1. The highest BCUT2D eigenvalue weighted by molar-refractivity contribution is 7.99. The van der Waals surface area contributed by atoms with Crippen LogP contribution in [0.2, 0.25) is 0 Å². The van der Waals surface area contributed by atoms with Crippen LogP contribution in [0.25, 0.3) is 0 Å². The van der Waals surface area contributed by atoms with Crippen molar-refractivity contribution in [2.45, 2.75) is 56.4 Å². The number of nitrogens with zero attached hydrogens (tertiary/aromatic N) is 1. The summed E-state index contributed by atoms with van der Waals surface area (Å²) in [6.45, 7) is 4.64. The van der Waals surface area contributed by atoms with Gasteiger partial charge in [-0.15, -0.1) is 0 Å². The third kappa shape index (κ3) is 6.17. The number of hydrogen-bond acceptors (Lipinski definition) is 6. The minimum absolute atomic E-state index is 0.151. The van der Waals surface area contributed by atoms with Crippen molar-refractivity contribution in [3.63, 3.8) is 0 Å². The molecular formula is C18H28N2O4S. The quantitative estimate of drug-likeness (QED) is 0.549. The Morgan fingerprint density at radius 2 is 2.24 bits per heavy atom. The van der Waals surface area contributed by atoms with Crippen LogP contribution in [-0.4, -0.2) is 50.4 Å². The third-order valence-electron chi connectivity index (χ3n) is 4.32. The van der Waals surface area contributed by atoms with Crippen LogP contribution in [0.15, 0.2) is 18.3 Å². The summed E-state index contributed by atoms with van der Waals surface area (Å²) in [6, 6.07) is 2.53. The van der Waals surface area contributed by atoms with Gasteiger partial charge >= 0.3 is 5.97 Å². The number of thioether (sulfide) groups is 1. The van der Waals surface area contributed by atoms with Crippen molar-refractivity contribution in [2.75, 3.05) is 12.4 Å². The number of aliphatic carboxylic acids is 1.